The normalized spacial score (nSPS) is 22.5. The van der Waals surface area contributed by atoms with Crippen molar-refractivity contribution in [1.82, 2.24) is 0 Å². The van der Waals surface area contributed by atoms with Gasteiger partial charge in [-0.25, -0.2) is 4.39 Å². The highest BCUT2D eigenvalue weighted by molar-refractivity contribution is 6.45. The van der Waals surface area contributed by atoms with Gasteiger partial charge in [0.15, 0.2) is 0 Å². The van der Waals surface area contributed by atoms with Crippen molar-refractivity contribution >= 4 is 7.12 Å². The SMILES string of the molecule is C[C@@H](CB1OC(C)(C)C(C)(C)O1)c1ccc(F)cc1. The summed E-state index contributed by atoms with van der Waals surface area (Å²) < 4.78 is 24.9. The topological polar surface area (TPSA) is 18.5 Å². The minimum Gasteiger partial charge on any atom is -0.403 e. The van der Waals surface area contributed by atoms with E-state index in [1.807, 2.05) is 12.1 Å². The Bertz CT molecular complexity index is 426. The van der Waals surface area contributed by atoms with Crippen molar-refractivity contribution in [3.8, 4) is 0 Å². The number of hydrogen-bond donors (Lipinski definition) is 0. The van der Waals surface area contributed by atoms with Gasteiger partial charge in [0.2, 0.25) is 0 Å². The van der Waals surface area contributed by atoms with E-state index in [1.54, 1.807) is 0 Å². The van der Waals surface area contributed by atoms with Crippen LogP contribution in [0.15, 0.2) is 24.3 Å². The fourth-order valence-corrected chi connectivity index (χ4v) is 2.28. The molecule has 1 fully saturated rings. The molecule has 1 heterocycles. The first kappa shape index (κ1) is 14.5. The summed E-state index contributed by atoms with van der Waals surface area (Å²) >= 11 is 0. The summed E-state index contributed by atoms with van der Waals surface area (Å²) in [5, 5.41) is 0. The van der Waals surface area contributed by atoms with Crippen molar-refractivity contribution in [2.75, 3.05) is 0 Å². The Labute approximate surface area is 115 Å². The van der Waals surface area contributed by atoms with E-state index in [0.29, 0.717) is 0 Å². The van der Waals surface area contributed by atoms with Gasteiger partial charge in [0.1, 0.15) is 5.82 Å². The fourth-order valence-electron chi connectivity index (χ4n) is 2.28. The van der Waals surface area contributed by atoms with E-state index >= 15 is 0 Å². The maximum Gasteiger partial charge on any atom is 0.458 e. The van der Waals surface area contributed by atoms with Gasteiger partial charge in [-0.05, 0) is 57.6 Å². The highest BCUT2D eigenvalue weighted by Gasteiger charge is 2.51. The standard InChI is InChI=1S/C15H22BFO2/c1-11(12-6-8-13(17)9-7-12)10-16-18-14(2,3)15(4,5)19-16/h6-9,11H,10H2,1-5H3/t11-/m0/s1. The minimum absolute atomic E-state index is 0.202. The Kier molecular flexibility index (Phi) is 3.76. The molecule has 0 amide bonds. The third-order valence-electron chi connectivity index (χ3n) is 4.29. The van der Waals surface area contributed by atoms with Crippen LogP contribution in [-0.4, -0.2) is 18.3 Å². The summed E-state index contributed by atoms with van der Waals surface area (Å²) in [5.74, 6) is 0.0712. The first-order valence-electron chi connectivity index (χ1n) is 6.82. The Balaban J connectivity index is 2.01. The van der Waals surface area contributed by atoms with E-state index < -0.39 is 0 Å². The average molecular weight is 264 g/mol. The smallest absolute Gasteiger partial charge is 0.403 e. The van der Waals surface area contributed by atoms with Gasteiger partial charge in [0.25, 0.3) is 0 Å². The van der Waals surface area contributed by atoms with Crippen LogP contribution in [0.2, 0.25) is 6.32 Å². The van der Waals surface area contributed by atoms with Gasteiger partial charge in [-0.1, -0.05) is 19.1 Å². The van der Waals surface area contributed by atoms with Gasteiger partial charge < -0.3 is 9.31 Å². The Morgan fingerprint density at radius 1 is 1.05 bits per heavy atom. The molecule has 0 aliphatic carbocycles. The molecule has 0 unspecified atom stereocenters. The highest BCUT2D eigenvalue weighted by atomic mass is 19.1. The summed E-state index contributed by atoms with van der Waals surface area (Å²) in [6, 6.07) is 6.64. The quantitative estimate of drug-likeness (QED) is 0.767. The van der Waals surface area contributed by atoms with Crippen molar-refractivity contribution in [1.29, 1.82) is 0 Å². The molecule has 2 nitrogen and oxygen atoms in total. The van der Waals surface area contributed by atoms with Crippen molar-refractivity contribution in [3.05, 3.63) is 35.6 Å². The first-order valence-corrected chi connectivity index (χ1v) is 6.82. The fraction of sp³-hybridized carbons (Fsp3) is 0.600. The molecule has 1 atom stereocenters. The molecule has 4 heteroatoms. The summed E-state index contributed by atoms with van der Waals surface area (Å²) in [6.45, 7) is 10.3. The molecular formula is C15H22BFO2. The van der Waals surface area contributed by atoms with E-state index in [2.05, 4.69) is 34.6 Å². The van der Waals surface area contributed by atoms with Gasteiger partial charge in [-0.15, -0.1) is 0 Å². The second-order valence-corrected chi connectivity index (χ2v) is 6.37. The number of benzene rings is 1. The summed E-state index contributed by atoms with van der Waals surface area (Å²) in [4.78, 5) is 0. The molecule has 1 aliphatic rings. The lowest BCUT2D eigenvalue weighted by molar-refractivity contribution is 0.00578. The number of rotatable bonds is 3. The van der Waals surface area contributed by atoms with Crippen molar-refractivity contribution < 1.29 is 13.7 Å². The highest BCUT2D eigenvalue weighted by Crippen LogP contribution is 2.39. The van der Waals surface area contributed by atoms with Crippen LogP contribution in [0.1, 0.15) is 46.1 Å². The third kappa shape index (κ3) is 3.01. The molecule has 1 aromatic rings. The van der Waals surface area contributed by atoms with Gasteiger partial charge in [-0.2, -0.15) is 0 Å². The largest absolute Gasteiger partial charge is 0.458 e. The number of hydrogen-bond acceptors (Lipinski definition) is 2. The van der Waals surface area contributed by atoms with Crippen molar-refractivity contribution in [3.63, 3.8) is 0 Å². The maximum absolute atomic E-state index is 12.9. The predicted octanol–water partition coefficient (Wildman–Crippen LogP) is 4.02. The predicted molar refractivity (Wildman–Crippen MR) is 75.7 cm³/mol. The van der Waals surface area contributed by atoms with Crippen LogP contribution in [0, 0.1) is 5.82 Å². The molecule has 1 aromatic carbocycles. The average Bonchev–Trinajstić information content (AvgIpc) is 2.47. The van der Waals surface area contributed by atoms with E-state index in [1.165, 1.54) is 12.1 Å². The lowest BCUT2D eigenvalue weighted by Gasteiger charge is -2.32. The van der Waals surface area contributed by atoms with Crippen LogP contribution < -0.4 is 0 Å². The van der Waals surface area contributed by atoms with Crippen LogP contribution in [0.25, 0.3) is 0 Å². The summed E-state index contributed by atoms with van der Waals surface area (Å²) in [6.07, 6.45) is 0.776. The molecule has 2 rings (SSSR count). The molecule has 0 spiro atoms. The lowest BCUT2D eigenvalue weighted by atomic mass is 9.75. The van der Waals surface area contributed by atoms with Crippen LogP contribution in [0.3, 0.4) is 0 Å². The van der Waals surface area contributed by atoms with Crippen LogP contribution >= 0.6 is 0 Å². The van der Waals surface area contributed by atoms with E-state index in [0.717, 1.165) is 11.9 Å². The first-order chi connectivity index (χ1) is 8.71. The lowest BCUT2D eigenvalue weighted by Crippen LogP contribution is -2.41. The maximum atomic E-state index is 12.9. The van der Waals surface area contributed by atoms with Gasteiger partial charge >= 0.3 is 7.12 Å². The van der Waals surface area contributed by atoms with Crippen LogP contribution in [0.4, 0.5) is 4.39 Å². The van der Waals surface area contributed by atoms with Gasteiger partial charge in [0.05, 0.1) is 11.2 Å². The van der Waals surface area contributed by atoms with E-state index in [4.69, 9.17) is 9.31 Å². The molecule has 1 aliphatic heterocycles. The zero-order chi connectivity index (χ0) is 14.3. The minimum atomic E-state index is -0.291. The monoisotopic (exact) mass is 264 g/mol. The molecule has 0 radical (unpaired) electrons. The Hall–Kier alpha value is -0.865. The van der Waals surface area contributed by atoms with E-state index in [-0.39, 0.29) is 30.1 Å². The van der Waals surface area contributed by atoms with Gasteiger partial charge in [0, 0.05) is 0 Å². The molecule has 104 valence electrons. The third-order valence-corrected chi connectivity index (χ3v) is 4.29. The zero-order valence-corrected chi connectivity index (χ0v) is 12.4. The Morgan fingerprint density at radius 3 is 2.00 bits per heavy atom. The molecule has 19 heavy (non-hydrogen) atoms. The molecule has 1 saturated heterocycles. The Morgan fingerprint density at radius 2 is 1.53 bits per heavy atom. The van der Waals surface area contributed by atoms with Crippen LogP contribution in [-0.2, 0) is 9.31 Å². The van der Waals surface area contributed by atoms with Crippen molar-refractivity contribution in [2.45, 2.75) is 58.1 Å². The van der Waals surface area contributed by atoms with E-state index in [9.17, 15) is 4.39 Å². The van der Waals surface area contributed by atoms with Gasteiger partial charge in [-0.3, -0.25) is 0 Å². The zero-order valence-electron chi connectivity index (χ0n) is 12.4. The van der Waals surface area contributed by atoms with Crippen molar-refractivity contribution in [2.24, 2.45) is 0 Å². The summed E-state index contributed by atoms with van der Waals surface area (Å²) in [5.41, 5.74) is 0.525. The second-order valence-electron chi connectivity index (χ2n) is 6.37. The molecule has 0 N–H and O–H groups in total. The molecule has 0 saturated carbocycles. The number of halogens is 1. The molecule has 0 bridgehead atoms. The molecular weight excluding hydrogens is 242 g/mol. The molecule has 0 aromatic heterocycles. The second kappa shape index (κ2) is 4.91. The van der Waals surface area contributed by atoms with Crippen LogP contribution in [0.5, 0.6) is 0 Å². The summed E-state index contributed by atoms with van der Waals surface area (Å²) in [7, 11) is -0.204.